The van der Waals surface area contributed by atoms with Crippen LogP contribution in [0.2, 0.25) is 0 Å². The van der Waals surface area contributed by atoms with Crippen molar-refractivity contribution in [2.45, 2.75) is 52.4 Å². The average molecular weight is 462 g/mol. The highest BCUT2D eigenvalue weighted by Gasteiger charge is 2.47. The minimum Gasteiger partial charge on any atom is -0.268 e. The Morgan fingerprint density at radius 3 is 1.46 bits per heavy atom. The van der Waals surface area contributed by atoms with Gasteiger partial charge >= 0.3 is 6.98 Å². The van der Waals surface area contributed by atoms with Crippen molar-refractivity contribution in [3.8, 4) is 11.4 Å². The molecule has 0 atom stereocenters. The van der Waals surface area contributed by atoms with Crippen LogP contribution in [0.15, 0.2) is 64.2 Å². The summed E-state index contributed by atoms with van der Waals surface area (Å²) in [5.74, 6) is 0. The van der Waals surface area contributed by atoms with E-state index in [0.717, 1.165) is 39.0 Å². The third kappa shape index (κ3) is 2.41. The van der Waals surface area contributed by atoms with Gasteiger partial charge in [-0.2, -0.15) is 0 Å². The largest absolute Gasteiger partial charge is 0.462 e. The van der Waals surface area contributed by atoms with Gasteiger partial charge in [0.15, 0.2) is 0 Å². The van der Waals surface area contributed by atoms with E-state index in [1.54, 1.807) is 9.19 Å². The molecule has 7 rings (SSSR count). The predicted molar refractivity (Wildman–Crippen MR) is 142 cm³/mol. The van der Waals surface area contributed by atoms with Gasteiger partial charge in [-0.1, -0.05) is 59.7 Å². The SMILES string of the molecule is CC(C)(C)c1ccc2c(c1)c(=O)n1n2-c2cccc3c2B1n1c(=O)c2cc(C(C)(C)C)ccc2n1-3. The van der Waals surface area contributed by atoms with Crippen molar-refractivity contribution in [2.24, 2.45) is 0 Å². The number of fused-ring (bicyclic) bond motifs is 10. The summed E-state index contributed by atoms with van der Waals surface area (Å²) < 4.78 is 7.53. The fourth-order valence-electron chi connectivity index (χ4n) is 5.83. The molecule has 2 aliphatic heterocycles. The lowest BCUT2D eigenvalue weighted by molar-refractivity contribution is 0.591. The van der Waals surface area contributed by atoms with Crippen molar-refractivity contribution >= 4 is 34.3 Å². The quantitative estimate of drug-likeness (QED) is 0.321. The Kier molecular flexibility index (Phi) is 3.59. The second-order valence-electron chi connectivity index (χ2n) is 12.0. The zero-order valence-electron chi connectivity index (χ0n) is 20.9. The Morgan fingerprint density at radius 1 is 0.629 bits per heavy atom. The Hall–Kier alpha value is -3.74. The van der Waals surface area contributed by atoms with Crippen LogP contribution in [0.1, 0.15) is 52.7 Å². The van der Waals surface area contributed by atoms with Crippen molar-refractivity contribution in [1.29, 1.82) is 0 Å². The van der Waals surface area contributed by atoms with E-state index < -0.39 is 6.98 Å². The number of aromatic nitrogens is 4. The maximum absolute atomic E-state index is 13.9. The average Bonchev–Trinajstić information content (AvgIpc) is 3.48. The summed E-state index contributed by atoms with van der Waals surface area (Å²) in [7, 11) is 0. The molecular weight excluding hydrogens is 435 g/mol. The summed E-state index contributed by atoms with van der Waals surface area (Å²) in [6.45, 7) is 12.4. The maximum atomic E-state index is 13.9. The summed E-state index contributed by atoms with van der Waals surface area (Å²) in [4.78, 5) is 27.8. The van der Waals surface area contributed by atoms with Crippen LogP contribution in [-0.4, -0.2) is 25.5 Å². The first-order chi connectivity index (χ1) is 16.5. The van der Waals surface area contributed by atoms with Gasteiger partial charge in [0.05, 0.1) is 33.2 Å². The van der Waals surface area contributed by atoms with Gasteiger partial charge in [-0.25, -0.2) is 0 Å². The number of benzene rings is 3. The summed E-state index contributed by atoms with van der Waals surface area (Å²) in [5.41, 5.74) is 6.63. The molecule has 0 radical (unpaired) electrons. The monoisotopic (exact) mass is 462 g/mol. The topological polar surface area (TPSA) is 53.9 Å². The molecule has 6 nitrogen and oxygen atoms in total. The molecule has 3 aromatic carbocycles. The van der Waals surface area contributed by atoms with Crippen LogP contribution in [-0.2, 0) is 10.8 Å². The Bertz CT molecular complexity index is 1740. The van der Waals surface area contributed by atoms with Gasteiger partial charge in [0.2, 0.25) is 0 Å². The van der Waals surface area contributed by atoms with E-state index in [-0.39, 0.29) is 21.9 Å². The van der Waals surface area contributed by atoms with Gasteiger partial charge in [-0.15, -0.1) is 0 Å². The van der Waals surface area contributed by atoms with Gasteiger partial charge < -0.3 is 0 Å². The molecule has 35 heavy (non-hydrogen) atoms. The normalized spacial score (nSPS) is 14.2. The molecule has 0 bridgehead atoms. The second-order valence-corrected chi connectivity index (χ2v) is 12.0. The number of hydrogen-bond acceptors (Lipinski definition) is 2. The van der Waals surface area contributed by atoms with Crippen LogP contribution < -0.4 is 16.6 Å². The lowest BCUT2D eigenvalue weighted by Crippen LogP contribution is -2.48. The van der Waals surface area contributed by atoms with E-state index in [4.69, 9.17) is 0 Å². The molecule has 5 aromatic rings. The van der Waals surface area contributed by atoms with Gasteiger partial charge in [-0.05, 0) is 58.4 Å². The molecule has 0 saturated carbocycles. The summed E-state index contributed by atoms with van der Waals surface area (Å²) in [6, 6.07) is 18.4. The molecule has 0 saturated heterocycles. The fourth-order valence-corrected chi connectivity index (χ4v) is 5.83. The summed E-state index contributed by atoms with van der Waals surface area (Å²) in [5, 5.41) is 1.37. The molecule has 0 amide bonds. The van der Waals surface area contributed by atoms with Crippen molar-refractivity contribution in [3.63, 3.8) is 0 Å². The minimum atomic E-state index is -0.503. The van der Waals surface area contributed by atoms with Gasteiger partial charge in [0, 0.05) is 5.46 Å². The molecule has 2 aliphatic rings. The van der Waals surface area contributed by atoms with Crippen LogP contribution in [0.5, 0.6) is 0 Å². The van der Waals surface area contributed by atoms with Crippen molar-refractivity contribution in [3.05, 3.63) is 86.4 Å². The van der Waals surface area contributed by atoms with Crippen LogP contribution in [0.4, 0.5) is 0 Å². The van der Waals surface area contributed by atoms with Gasteiger partial charge in [0.1, 0.15) is 0 Å². The third-order valence-corrected chi connectivity index (χ3v) is 7.73. The number of rotatable bonds is 0. The minimum absolute atomic E-state index is 0.0652. The highest BCUT2D eigenvalue weighted by Crippen LogP contribution is 2.33. The standard InChI is InChI=1S/C28H27BN4O2/c1-27(2,3)16-10-12-20-18(14-16)25(34)32-29-24-22(30(20)32)8-7-9-23(24)31-21-13-11-17(28(4,5)6)15-19(21)26(35)33(29)31/h7-15H,1-6H3. The first-order valence-electron chi connectivity index (χ1n) is 12.2. The molecule has 0 fully saturated rings. The first-order valence-corrected chi connectivity index (χ1v) is 12.2. The van der Waals surface area contributed by atoms with Gasteiger partial charge in [0.25, 0.3) is 11.1 Å². The number of hydrogen-bond donors (Lipinski definition) is 0. The van der Waals surface area contributed by atoms with Crippen LogP contribution in [0, 0.1) is 0 Å². The van der Waals surface area contributed by atoms with E-state index in [2.05, 4.69) is 53.7 Å². The van der Waals surface area contributed by atoms with Crippen LogP contribution in [0.25, 0.3) is 33.2 Å². The zero-order valence-corrected chi connectivity index (χ0v) is 20.9. The molecule has 0 N–H and O–H groups in total. The third-order valence-electron chi connectivity index (χ3n) is 7.73. The summed E-state index contributed by atoms with van der Waals surface area (Å²) >= 11 is 0. The molecule has 2 aromatic heterocycles. The van der Waals surface area contributed by atoms with Crippen LogP contribution in [0.3, 0.4) is 0 Å². The molecule has 0 unspecified atom stereocenters. The first kappa shape index (κ1) is 20.6. The lowest BCUT2D eigenvalue weighted by atomic mass is 9.69. The fraction of sp³-hybridized carbons (Fsp3) is 0.286. The Morgan fingerprint density at radius 2 is 1.06 bits per heavy atom. The van der Waals surface area contributed by atoms with Crippen molar-refractivity contribution in [1.82, 2.24) is 18.5 Å². The van der Waals surface area contributed by atoms with Gasteiger partial charge in [-0.3, -0.25) is 28.1 Å². The van der Waals surface area contributed by atoms with E-state index in [0.29, 0.717) is 10.8 Å². The van der Waals surface area contributed by atoms with Crippen molar-refractivity contribution < 1.29 is 0 Å². The van der Waals surface area contributed by atoms with Crippen molar-refractivity contribution in [2.75, 3.05) is 0 Å². The molecule has 4 heterocycles. The predicted octanol–water partition coefficient (Wildman–Crippen LogP) is 3.91. The molecule has 0 aliphatic carbocycles. The Labute approximate surface area is 203 Å². The molecule has 174 valence electrons. The highest BCUT2D eigenvalue weighted by atomic mass is 16.1. The summed E-state index contributed by atoms with van der Waals surface area (Å²) in [6.07, 6.45) is 0. The molecule has 0 spiro atoms. The number of nitrogens with zero attached hydrogens (tertiary/aromatic N) is 4. The van der Waals surface area contributed by atoms with Crippen LogP contribution >= 0.6 is 0 Å². The second kappa shape index (κ2) is 6.09. The van der Waals surface area contributed by atoms with E-state index in [1.807, 2.05) is 51.8 Å². The molecular formula is C28H27BN4O2. The highest BCUT2D eigenvalue weighted by molar-refractivity contribution is 6.74. The smallest absolute Gasteiger partial charge is 0.268 e. The molecule has 7 heteroatoms. The van der Waals surface area contributed by atoms with E-state index in [1.165, 1.54) is 0 Å². The van der Waals surface area contributed by atoms with E-state index >= 15 is 0 Å². The van der Waals surface area contributed by atoms with E-state index in [9.17, 15) is 9.59 Å². The lowest BCUT2D eigenvalue weighted by Gasteiger charge is -2.19. The zero-order chi connectivity index (χ0) is 24.6. The maximum Gasteiger partial charge on any atom is 0.462 e. The Balaban J connectivity index is 1.58.